The van der Waals surface area contributed by atoms with Crippen molar-refractivity contribution in [3.05, 3.63) is 200 Å². The standard InChI is InChI=1S/C59H33N5S2/c1-2-15-36-33-50-45(31-35(36)14-1)41-19-7-9-21-47(41)63(50)55-44(28-30-53-54(55)43-27-25-34-13-3-4-16-38(34)56(43)66-53)58-60-57(37-26-29-52-46(32-37)42-20-8-12-24-51(42)65-52)61-59(62-58)64-48-22-10-5-17-39(48)40-18-6-11-23-49(40)64/h1-33H. The molecule has 15 aromatic rings. The van der Waals surface area contributed by atoms with Gasteiger partial charge in [0.15, 0.2) is 11.6 Å². The zero-order valence-electron chi connectivity index (χ0n) is 35.1. The lowest BCUT2D eigenvalue weighted by Crippen LogP contribution is -2.08. The largest absolute Gasteiger partial charge is 0.308 e. The summed E-state index contributed by atoms with van der Waals surface area (Å²) in [6.07, 6.45) is 0. The van der Waals surface area contributed by atoms with Gasteiger partial charge in [0.25, 0.3) is 0 Å². The summed E-state index contributed by atoms with van der Waals surface area (Å²) in [6, 6.07) is 72.5. The molecular formula is C59H33N5S2. The maximum absolute atomic E-state index is 5.61. The summed E-state index contributed by atoms with van der Waals surface area (Å²) in [5.74, 6) is 1.80. The lowest BCUT2D eigenvalue weighted by atomic mass is 10.0. The number of hydrogen-bond acceptors (Lipinski definition) is 5. The third-order valence-electron chi connectivity index (χ3n) is 13.5. The van der Waals surface area contributed by atoms with Gasteiger partial charge in [-0.05, 0) is 88.3 Å². The first kappa shape index (κ1) is 36.1. The molecule has 0 N–H and O–H groups in total. The first-order valence-corrected chi connectivity index (χ1v) is 23.8. The third kappa shape index (κ3) is 5.12. The van der Waals surface area contributed by atoms with Gasteiger partial charge in [0.2, 0.25) is 5.95 Å². The fourth-order valence-electron chi connectivity index (χ4n) is 10.6. The monoisotopic (exact) mass is 875 g/mol. The predicted octanol–water partition coefficient (Wildman–Crippen LogP) is 16.4. The van der Waals surface area contributed by atoms with E-state index in [1.165, 1.54) is 72.7 Å². The molecule has 0 saturated heterocycles. The van der Waals surface area contributed by atoms with Crippen molar-refractivity contribution < 1.29 is 0 Å². The second kappa shape index (κ2) is 13.6. The van der Waals surface area contributed by atoms with Crippen molar-refractivity contribution in [1.82, 2.24) is 24.1 Å². The summed E-state index contributed by atoms with van der Waals surface area (Å²) in [6.45, 7) is 0. The summed E-state index contributed by atoms with van der Waals surface area (Å²) < 4.78 is 9.68. The van der Waals surface area contributed by atoms with E-state index in [-0.39, 0.29) is 0 Å². The number of benzene rings is 10. The maximum Gasteiger partial charge on any atom is 0.238 e. The first-order chi connectivity index (χ1) is 32.7. The van der Waals surface area contributed by atoms with Crippen LogP contribution in [0.25, 0.3) is 140 Å². The van der Waals surface area contributed by atoms with Crippen LogP contribution in [0.15, 0.2) is 200 Å². The molecule has 15 rings (SSSR count). The Balaban J connectivity index is 1.11. The molecule has 0 atom stereocenters. The van der Waals surface area contributed by atoms with Gasteiger partial charge in [-0.3, -0.25) is 4.57 Å². The van der Waals surface area contributed by atoms with Crippen molar-refractivity contribution in [2.24, 2.45) is 0 Å². The second-order valence-corrected chi connectivity index (χ2v) is 19.3. The van der Waals surface area contributed by atoms with Crippen LogP contribution in [0.1, 0.15) is 0 Å². The zero-order valence-corrected chi connectivity index (χ0v) is 36.7. The van der Waals surface area contributed by atoms with E-state index in [1.54, 1.807) is 0 Å². The average molecular weight is 876 g/mol. The Morgan fingerprint density at radius 3 is 1.70 bits per heavy atom. The minimum atomic E-state index is 0.572. The fourth-order valence-corrected chi connectivity index (χ4v) is 12.9. The molecule has 0 aliphatic heterocycles. The molecule has 0 spiro atoms. The van der Waals surface area contributed by atoms with Crippen LogP contribution in [0.2, 0.25) is 0 Å². The topological polar surface area (TPSA) is 48.5 Å². The van der Waals surface area contributed by atoms with Gasteiger partial charge in [-0.15, -0.1) is 22.7 Å². The quantitative estimate of drug-likeness (QED) is 0.177. The van der Waals surface area contributed by atoms with Gasteiger partial charge in [-0.25, -0.2) is 4.98 Å². The highest BCUT2D eigenvalue weighted by Crippen LogP contribution is 2.47. The molecule has 7 heteroatoms. The van der Waals surface area contributed by atoms with Crippen LogP contribution in [0.4, 0.5) is 0 Å². The molecule has 5 heterocycles. The van der Waals surface area contributed by atoms with Crippen LogP contribution in [0, 0.1) is 0 Å². The van der Waals surface area contributed by atoms with Crippen LogP contribution in [-0.4, -0.2) is 24.1 Å². The molecule has 0 bridgehead atoms. The van der Waals surface area contributed by atoms with Crippen LogP contribution in [0.5, 0.6) is 0 Å². The van der Waals surface area contributed by atoms with E-state index >= 15 is 0 Å². The van der Waals surface area contributed by atoms with Gasteiger partial charge in [-0.2, -0.15) is 9.97 Å². The van der Waals surface area contributed by atoms with Crippen LogP contribution in [0.3, 0.4) is 0 Å². The molecule has 306 valence electrons. The average Bonchev–Trinajstić information content (AvgIpc) is 4.13. The fraction of sp³-hybridized carbons (Fsp3) is 0. The Bertz CT molecular complexity index is 4500. The number of thiophene rings is 2. The number of nitrogens with zero attached hydrogens (tertiary/aromatic N) is 5. The Kier molecular flexibility index (Phi) is 7.47. The lowest BCUT2D eigenvalue weighted by Gasteiger charge is -2.17. The van der Waals surface area contributed by atoms with Crippen LogP contribution >= 0.6 is 22.7 Å². The minimum Gasteiger partial charge on any atom is -0.308 e. The van der Waals surface area contributed by atoms with E-state index in [9.17, 15) is 0 Å². The Morgan fingerprint density at radius 2 is 0.924 bits per heavy atom. The van der Waals surface area contributed by atoms with Gasteiger partial charge < -0.3 is 4.57 Å². The highest BCUT2D eigenvalue weighted by atomic mass is 32.1. The van der Waals surface area contributed by atoms with Crippen molar-refractivity contribution >= 4 is 128 Å². The molecule has 5 nitrogen and oxygen atoms in total. The summed E-state index contributed by atoms with van der Waals surface area (Å²) in [4.78, 5) is 16.6. The van der Waals surface area contributed by atoms with E-state index < -0.39 is 0 Å². The molecule has 0 fully saturated rings. The molecule has 10 aromatic carbocycles. The summed E-state index contributed by atoms with van der Waals surface area (Å²) in [5, 5.41) is 14.4. The molecule has 66 heavy (non-hydrogen) atoms. The first-order valence-electron chi connectivity index (χ1n) is 22.2. The molecule has 0 aliphatic carbocycles. The summed E-state index contributed by atoms with van der Waals surface area (Å²) in [7, 11) is 0. The Morgan fingerprint density at radius 1 is 0.333 bits per heavy atom. The van der Waals surface area contributed by atoms with E-state index in [2.05, 4.69) is 209 Å². The Hall–Kier alpha value is -8.23. The van der Waals surface area contributed by atoms with Crippen molar-refractivity contribution in [3.63, 3.8) is 0 Å². The number of hydrogen-bond donors (Lipinski definition) is 0. The van der Waals surface area contributed by atoms with Crippen LogP contribution in [-0.2, 0) is 0 Å². The van der Waals surface area contributed by atoms with Crippen LogP contribution < -0.4 is 0 Å². The smallest absolute Gasteiger partial charge is 0.238 e. The normalized spacial score (nSPS) is 12.2. The Labute approximate surface area is 384 Å². The van der Waals surface area contributed by atoms with Gasteiger partial charge in [0.05, 0.1) is 27.8 Å². The third-order valence-corrected chi connectivity index (χ3v) is 15.9. The molecule has 0 saturated carbocycles. The van der Waals surface area contributed by atoms with Gasteiger partial charge in [-0.1, -0.05) is 133 Å². The number of rotatable bonds is 4. The van der Waals surface area contributed by atoms with E-state index in [4.69, 9.17) is 15.0 Å². The number of fused-ring (bicyclic) bond motifs is 15. The summed E-state index contributed by atoms with van der Waals surface area (Å²) >= 11 is 3.67. The highest BCUT2D eigenvalue weighted by molar-refractivity contribution is 7.27. The van der Waals surface area contributed by atoms with Crippen molar-refractivity contribution in [1.29, 1.82) is 0 Å². The summed E-state index contributed by atoms with van der Waals surface area (Å²) in [5.41, 5.74) is 7.27. The SMILES string of the molecule is c1ccc2cc3c(cc2c1)c1ccccc1n3-c1c(-c2nc(-c3ccc4sc5ccccc5c4c3)nc(-n3c4ccccc4c4ccccc43)n2)ccc2sc3c4ccccc4ccc3c12. The second-order valence-electron chi connectivity index (χ2n) is 17.1. The van der Waals surface area contributed by atoms with Gasteiger partial charge in [0.1, 0.15) is 0 Å². The highest BCUT2D eigenvalue weighted by Gasteiger charge is 2.25. The number of aromatic nitrogens is 5. The van der Waals surface area contributed by atoms with Crippen molar-refractivity contribution in [3.8, 4) is 34.4 Å². The van der Waals surface area contributed by atoms with Gasteiger partial charge >= 0.3 is 0 Å². The molecule has 0 amide bonds. The van der Waals surface area contributed by atoms with Gasteiger partial charge in [0, 0.05) is 73.0 Å². The van der Waals surface area contributed by atoms with E-state index in [1.807, 2.05) is 22.7 Å². The molecular weight excluding hydrogens is 843 g/mol. The molecule has 0 unspecified atom stereocenters. The van der Waals surface area contributed by atoms with E-state index in [0.29, 0.717) is 17.6 Å². The molecule has 0 radical (unpaired) electrons. The van der Waals surface area contributed by atoms with Crippen molar-refractivity contribution in [2.75, 3.05) is 0 Å². The maximum atomic E-state index is 5.61. The zero-order chi connectivity index (χ0) is 43.0. The molecule has 0 aliphatic rings. The van der Waals surface area contributed by atoms with E-state index in [0.717, 1.165) is 49.7 Å². The van der Waals surface area contributed by atoms with Crippen molar-refractivity contribution in [2.45, 2.75) is 0 Å². The lowest BCUT2D eigenvalue weighted by molar-refractivity contribution is 0.952. The predicted molar refractivity (Wildman–Crippen MR) is 280 cm³/mol. The minimum absolute atomic E-state index is 0.572. The number of para-hydroxylation sites is 3. The molecule has 5 aromatic heterocycles.